The normalized spacial score (nSPS) is 14.1. The van der Waals surface area contributed by atoms with Crippen molar-refractivity contribution >= 4 is 0 Å². The first-order valence-electron chi connectivity index (χ1n) is 5.08. The first-order chi connectivity index (χ1) is 6.32. The third-order valence-electron chi connectivity index (χ3n) is 2.92. The predicted molar refractivity (Wildman–Crippen MR) is 59.0 cm³/mol. The minimum atomic E-state index is -0.0765. The van der Waals surface area contributed by atoms with Crippen LogP contribution < -0.4 is 0 Å². The quantitative estimate of drug-likeness (QED) is 0.625. The predicted octanol–water partition coefficient (Wildman–Crippen LogP) is 4.28. The van der Waals surface area contributed by atoms with Crippen LogP contribution >= 0.6 is 0 Å². The van der Waals surface area contributed by atoms with Gasteiger partial charge in [-0.25, -0.2) is 4.39 Å². The largest absolute Gasteiger partial charge is 0.207 e. The van der Waals surface area contributed by atoms with Crippen molar-refractivity contribution in [2.75, 3.05) is 0 Å². The van der Waals surface area contributed by atoms with E-state index in [1.54, 1.807) is 6.07 Å². The van der Waals surface area contributed by atoms with Crippen LogP contribution in [0.4, 0.5) is 4.39 Å². The molecule has 0 saturated carbocycles. The summed E-state index contributed by atoms with van der Waals surface area (Å²) in [5.74, 6) is 0.163. The lowest BCUT2D eigenvalue weighted by Gasteiger charge is -2.28. The fraction of sp³-hybridized carbons (Fsp3) is 0.538. The van der Waals surface area contributed by atoms with Gasteiger partial charge < -0.3 is 0 Å². The van der Waals surface area contributed by atoms with E-state index in [9.17, 15) is 4.39 Å². The molecule has 0 aliphatic heterocycles. The molecule has 78 valence electrons. The molecule has 0 fully saturated rings. The molecule has 0 heterocycles. The lowest BCUT2D eigenvalue weighted by atomic mass is 9.77. The van der Waals surface area contributed by atoms with Gasteiger partial charge in [0.2, 0.25) is 0 Å². The summed E-state index contributed by atoms with van der Waals surface area (Å²) in [5, 5.41) is 0. The van der Waals surface area contributed by atoms with Crippen molar-refractivity contribution in [1.29, 1.82) is 0 Å². The lowest BCUT2D eigenvalue weighted by Crippen LogP contribution is -2.16. The summed E-state index contributed by atoms with van der Waals surface area (Å²) in [6.45, 7) is 10.4. The average Bonchev–Trinajstić information content (AvgIpc) is 2.01. The highest BCUT2D eigenvalue weighted by molar-refractivity contribution is 5.27. The van der Waals surface area contributed by atoms with Gasteiger partial charge in [-0.1, -0.05) is 39.8 Å². The Morgan fingerprint density at radius 2 is 1.79 bits per heavy atom. The Bertz CT molecular complexity index is 320. The van der Waals surface area contributed by atoms with Gasteiger partial charge in [-0.2, -0.15) is 0 Å². The number of halogens is 1. The molecular weight excluding hydrogens is 175 g/mol. The molecule has 0 bridgehead atoms. The van der Waals surface area contributed by atoms with Crippen molar-refractivity contribution < 1.29 is 4.39 Å². The van der Waals surface area contributed by atoms with Crippen LogP contribution in [0.5, 0.6) is 0 Å². The van der Waals surface area contributed by atoms with Crippen LogP contribution in [0.2, 0.25) is 0 Å². The van der Waals surface area contributed by atoms with Crippen molar-refractivity contribution in [2.45, 2.75) is 40.5 Å². The first-order valence-corrected chi connectivity index (χ1v) is 5.08. The molecule has 0 aromatic heterocycles. The topological polar surface area (TPSA) is 0 Å². The summed E-state index contributed by atoms with van der Waals surface area (Å²) in [4.78, 5) is 0. The Balaban J connectivity index is 3.08. The Hall–Kier alpha value is -0.850. The second kappa shape index (κ2) is 3.72. The minimum Gasteiger partial charge on any atom is -0.207 e. The molecule has 1 aromatic rings. The Labute approximate surface area is 86.2 Å². The van der Waals surface area contributed by atoms with E-state index in [2.05, 4.69) is 27.7 Å². The van der Waals surface area contributed by atoms with Crippen LogP contribution in [0.15, 0.2) is 18.2 Å². The highest BCUT2D eigenvalue weighted by Crippen LogP contribution is 2.35. The maximum absolute atomic E-state index is 13.6. The number of benzene rings is 1. The van der Waals surface area contributed by atoms with Gasteiger partial charge >= 0.3 is 0 Å². The highest BCUT2D eigenvalue weighted by atomic mass is 19.1. The Morgan fingerprint density at radius 1 is 1.21 bits per heavy atom. The van der Waals surface area contributed by atoms with E-state index in [1.807, 2.05) is 19.1 Å². The SMILES string of the molecule is Cc1ccc([C@H](C)C(C)(C)C)c(F)c1. The van der Waals surface area contributed by atoms with Gasteiger partial charge in [-0.05, 0) is 35.4 Å². The van der Waals surface area contributed by atoms with Gasteiger partial charge in [0.05, 0.1) is 0 Å². The van der Waals surface area contributed by atoms with Gasteiger partial charge in [0.25, 0.3) is 0 Å². The Kier molecular flexibility index (Phi) is 2.98. The highest BCUT2D eigenvalue weighted by Gasteiger charge is 2.23. The molecule has 0 radical (unpaired) electrons. The zero-order valence-electron chi connectivity index (χ0n) is 9.69. The van der Waals surface area contributed by atoms with Crippen LogP contribution in [0, 0.1) is 18.2 Å². The molecule has 0 spiro atoms. The molecule has 0 aliphatic rings. The molecular formula is C13H19F. The van der Waals surface area contributed by atoms with Crippen LogP contribution in [0.25, 0.3) is 0 Å². The van der Waals surface area contributed by atoms with E-state index >= 15 is 0 Å². The van der Waals surface area contributed by atoms with Gasteiger partial charge in [-0.15, -0.1) is 0 Å². The van der Waals surface area contributed by atoms with Gasteiger partial charge in [0.1, 0.15) is 5.82 Å². The summed E-state index contributed by atoms with van der Waals surface area (Å²) in [7, 11) is 0. The van der Waals surface area contributed by atoms with E-state index in [-0.39, 0.29) is 17.2 Å². The summed E-state index contributed by atoms with van der Waals surface area (Å²) in [6.07, 6.45) is 0. The number of rotatable bonds is 1. The Morgan fingerprint density at radius 3 is 2.21 bits per heavy atom. The molecule has 1 rings (SSSR count). The van der Waals surface area contributed by atoms with Crippen molar-refractivity contribution in [3.63, 3.8) is 0 Å². The van der Waals surface area contributed by atoms with Crippen molar-refractivity contribution in [3.05, 3.63) is 35.1 Å². The zero-order chi connectivity index (χ0) is 10.9. The molecule has 0 unspecified atom stereocenters. The smallest absolute Gasteiger partial charge is 0.126 e. The fourth-order valence-electron chi connectivity index (χ4n) is 1.45. The third kappa shape index (κ3) is 2.34. The summed E-state index contributed by atoms with van der Waals surface area (Å²) in [6, 6.07) is 5.48. The van der Waals surface area contributed by atoms with E-state index in [0.29, 0.717) is 0 Å². The van der Waals surface area contributed by atoms with Crippen LogP contribution in [0.3, 0.4) is 0 Å². The van der Waals surface area contributed by atoms with Gasteiger partial charge in [0, 0.05) is 0 Å². The van der Waals surface area contributed by atoms with Crippen molar-refractivity contribution in [1.82, 2.24) is 0 Å². The fourth-order valence-corrected chi connectivity index (χ4v) is 1.45. The molecule has 0 amide bonds. The third-order valence-corrected chi connectivity index (χ3v) is 2.92. The molecule has 14 heavy (non-hydrogen) atoms. The standard InChI is InChI=1S/C13H19F/c1-9-6-7-11(12(14)8-9)10(2)13(3,4)5/h6-8,10H,1-5H3/t10-/m0/s1. The molecule has 0 N–H and O–H groups in total. The van der Waals surface area contributed by atoms with E-state index in [1.165, 1.54) is 0 Å². The van der Waals surface area contributed by atoms with Crippen LogP contribution in [-0.4, -0.2) is 0 Å². The van der Waals surface area contributed by atoms with Crippen LogP contribution in [0.1, 0.15) is 44.7 Å². The number of aryl methyl sites for hydroxylation is 1. The van der Waals surface area contributed by atoms with E-state index in [4.69, 9.17) is 0 Å². The second-order valence-electron chi connectivity index (χ2n) is 5.11. The monoisotopic (exact) mass is 194 g/mol. The van der Waals surface area contributed by atoms with Gasteiger partial charge in [-0.3, -0.25) is 0 Å². The maximum atomic E-state index is 13.6. The molecule has 1 aromatic carbocycles. The lowest BCUT2D eigenvalue weighted by molar-refractivity contribution is 0.331. The maximum Gasteiger partial charge on any atom is 0.126 e. The summed E-state index contributed by atoms with van der Waals surface area (Å²) in [5.41, 5.74) is 1.91. The van der Waals surface area contributed by atoms with Gasteiger partial charge in [0.15, 0.2) is 0 Å². The molecule has 1 atom stereocenters. The summed E-state index contributed by atoms with van der Waals surface area (Å²) < 4.78 is 13.6. The second-order valence-corrected chi connectivity index (χ2v) is 5.11. The number of hydrogen-bond donors (Lipinski definition) is 0. The van der Waals surface area contributed by atoms with Crippen LogP contribution in [-0.2, 0) is 0 Å². The number of hydrogen-bond acceptors (Lipinski definition) is 0. The minimum absolute atomic E-state index is 0.0765. The van der Waals surface area contributed by atoms with E-state index < -0.39 is 0 Å². The summed E-state index contributed by atoms with van der Waals surface area (Å²) >= 11 is 0. The molecule has 0 saturated heterocycles. The van der Waals surface area contributed by atoms with Crippen molar-refractivity contribution in [2.24, 2.45) is 5.41 Å². The average molecular weight is 194 g/mol. The van der Waals surface area contributed by atoms with Crippen molar-refractivity contribution in [3.8, 4) is 0 Å². The molecule has 1 heteroatoms. The first kappa shape index (κ1) is 11.2. The zero-order valence-corrected chi connectivity index (χ0v) is 9.69. The van der Waals surface area contributed by atoms with E-state index in [0.717, 1.165) is 11.1 Å². The molecule has 0 nitrogen and oxygen atoms in total. The molecule has 0 aliphatic carbocycles.